The van der Waals surface area contributed by atoms with E-state index in [0.717, 1.165) is 40.9 Å². The molecule has 0 radical (unpaired) electrons. The van der Waals surface area contributed by atoms with Gasteiger partial charge in [-0.1, -0.05) is 25.0 Å². The van der Waals surface area contributed by atoms with Gasteiger partial charge in [0.1, 0.15) is 5.01 Å². The Bertz CT molecular complexity index is 1170. The number of benzene rings is 2. The molecule has 0 aliphatic carbocycles. The summed E-state index contributed by atoms with van der Waals surface area (Å²) >= 11 is 1.60. The van der Waals surface area contributed by atoms with Crippen LogP contribution in [0.5, 0.6) is 0 Å². The molecule has 3 aromatic rings. The summed E-state index contributed by atoms with van der Waals surface area (Å²) in [7, 11) is -1.70. The SMILES string of the molecule is C[C@H](c1nc2ccccc2s1)N(C)C(=O)CNc1ccc(S(=O)(=O)N2CCCCCC2)cc1. The molecule has 2 aromatic carbocycles. The highest BCUT2D eigenvalue weighted by Gasteiger charge is 2.25. The van der Waals surface area contributed by atoms with Crippen molar-refractivity contribution in [2.45, 2.75) is 43.5 Å². The van der Waals surface area contributed by atoms with Gasteiger partial charge in [0.2, 0.25) is 15.9 Å². The minimum atomic E-state index is -3.48. The lowest BCUT2D eigenvalue weighted by Crippen LogP contribution is -2.34. The number of likely N-dealkylation sites (N-methyl/N-ethyl adjacent to an activating group) is 1. The molecule has 1 aromatic heterocycles. The molecule has 1 aliphatic rings. The van der Waals surface area contributed by atoms with Crippen molar-refractivity contribution in [3.8, 4) is 0 Å². The maximum atomic E-state index is 12.9. The number of nitrogens with zero attached hydrogens (tertiary/aromatic N) is 3. The molecule has 176 valence electrons. The van der Waals surface area contributed by atoms with Gasteiger partial charge in [0.05, 0.1) is 27.7 Å². The molecule has 1 aliphatic heterocycles. The maximum absolute atomic E-state index is 12.9. The minimum Gasteiger partial charge on any atom is -0.376 e. The monoisotopic (exact) mass is 486 g/mol. The largest absolute Gasteiger partial charge is 0.376 e. The Morgan fingerprint density at radius 3 is 2.42 bits per heavy atom. The topological polar surface area (TPSA) is 82.6 Å². The molecular weight excluding hydrogens is 456 g/mol. The highest BCUT2D eigenvalue weighted by atomic mass is 32.2. The van der Waals surface area contributed by atoms with Crippen LogP contribution in [0.25, 0.3) is 10.2 Å². The number of anilines is 1. The molecule has 1 saturated heterocycles. The van der Waals surface area contributed by atoms with Crippen molar-refractivity contribution in [2.24, 2.45) is 0 Å². The van der Waals surface area contributed by atoms with Crippen LogP contribution in [-0.4, -0.2) is 55.2 Å². The zero-order valence-electron chi connectivity index (χ0n) is 19.0. The molecule has 4 rings (SSSR count). The lowest BCUT2D eigenvalue weighted by molar-refractivity contribution is -0.129. The number of fused-ring (bicyclic) bond motifs is 1. The Hall–Kier alpha value is -2.49. The Kier molecular flexibility index (Phi) is 7.31. The number of thiazole rings is 1. The van der Waals surface area contributed by atoms with Crippen molar-refractivity contribution < 1.29 is 13.2 Å². The quantitative estimate of drug-likeness (QED) is 0.532. The first-order chi connectivity index (χ1) is 15.9. The Morgan fingerprint density at radius 2 is 1.76 bits per heavy atom. The van der Waals surface area contributed by atoms with Gasteiger partial charge in [0, 0.05) is 25.8 Å². The van der Waals surface area contributed by atoms with E-state index < -0.39 is 10.0 Å². The van der Waals surface area contributed by atoms with Gasteiger partial charge in [-0.2, -0.15) is 4.31 Å². The fourth-order valence-electron chi connectivity index (χ4n) is 3.93. The average molecular weight is 487 g/mol. The third kappa shape index (κ3) is 5.37. The molecule has 0 saturated carbocycles. The molecule has 0 spiro atoms. The third-order valence-electron chi connectivity index (χ3n) is 6.14. The van der Waals surface area contributed by atoms with E-state index in [1.54, 1.807) is 51.9 Å². The van der Waals surface area contributed by atoms with Crippen molar-refractivity contribution in [3.63, 3.8) is 0 Å². The van der Waals surface area contributed by atoms with Crippen LogP contribution in [0.15, 0.2) is 53.4 Å². The Morgan fingerprint density at radius 1 is 1.09 bits per heavy atom. The van der Waals surface area contributed by atoms with Gasteiger partial charge in [0.25, 0.3) is 0 Å². The molecule has 2 heterocycles. The smallest absolute Gasteiger partial charge is 0.243 e. The molecule has 1 atom stereocenters. The molecule has 0 unspecified atom stereocenters. The molecule has 33 heavy (non-hydrogen) atoms. The summed E-state index contributed by atoms with van der Waals surface area (Å²) in [6.07, 6.45) is 3.97. The number of sulfonamides is 1. The molecule has 9 heteroatoms. The zero-order valence-corrected chi connectivity index (χ0v) is 20.7. The first-order valence-corrected chi connectivity index (χ1v) is 13.6. The number of hydrogen-bond donors (Lipinski definition) is 1. The van der Waals surface area contributed by atoms with Crippen LogP contribution in [0.2, 0.25) is 0 Å². The second kappa shape index (κ2) is 10.2. The van der Waals surface area contributed by atoms with Crippen LogP contribution in [-0.2, 0) is 14.8 Å². The lowest BCUT2D eigenvalue weighted by Gasteiger charge is -2.23. The minimum absolute atomic E-state index is 0.0666. The van der Waals surface area contributed by atoms with Crippen LogP contribution in [0.3, 0.4) is 0 Å². The Balaban J connectivity index is 1.35. The standard InChI is InChI=1S/C24H30N4O3S2/c1-18(24-26-21-9-5-6-10-22(21)32-24)27(2)23(29)17-25-19-11-13-20(14-12-19)33(30,31)28-15-7-3-4-8-16-28/h5-6,9-14,18,25H,3-4,7-8,15-17H2,1-2H3/t18-/m1/s1. The molecular formula is C24H30N4O3S2. The van der Waals surface area contributed by atoms with Gasteiger partial charge >= 0.3 is 0 Å². The van der Waals surface area contributed by atoms with E-state index in [1.165, 1.54) is 0 Å². The van der Waals surface area contributed by atoms with Crippen molar-refractivity contribution in [1.82, 2.24) is 14.2 Å². The van der Waals surface area contributed by atoms with Crippen molar-refractivity contribution in [3.05, 3.63) is 53.5 Å². The third-order valence-corrected chi connectivity index (χ3v) is 9.26. The van der Waals surface area contributed by atoms with Crippen LogP contribution in [0.1, 0.15) is 43.7 Å². The van der Waals surface area contributed by atoms with E-state index in [-0.39, 0.29) is 18.5 Å². The molecule has 1 fully saturated rings. The predicted octanol–water partition coefficient (Wildman–Crippen LogP) is 4.49. The fourth-order valence-corrected chi connectivity index (χ4v) is 6.51. The highest BCUT2D eigenvalue weighted by Crippen LogP contribution is 2.29. The predicted molar refractivity (Wildman–Crippen MR) is 133 cm³/mol. The summed E-state index contributed by atoms with van der Waals surface area (Å²) < 4.78 is 28.5. The van der Waals surface area contributed by atoms with E-state index in [1.807, 2.05) is 31.2 Å². The number of para-hydroxylation sites is 1. The van der Waals surface area contributed by atoms with Gasteiger partial charge in [0.15, 0.2) is 0 Å². The second-order valence-electron chi connectivity index (χ2n) is 8.40. The molecule has 0 bridgehead atoms. The van der Waals surface area contributed by atoms with Crippen molar-refractivity contribution in [1.29, 1.82) is 0 Å². The summed E-state index contributed by atoms with van der Waals surface area (Å²) in [5.41, 5.74) is 1.65. The van der Waals surface area contributed by atoms with Gasteiger partial charge in [-0.05, 0) is 56.2 Å². The number of hydrogen-bond acceptors (Lipinski definition) is 6. The number of amides is 1. The highest BCUT2D eigenvalue weighted by molar-refractivity contribution is 7.89. The Labute approximate surface area is 199 Å². The number of nitrogens with one attached hydrogen (secondary N) is 1. The van der Waals surface area contributed by atoms with Crippen LogP contribution >= 0.6 is 11.3 Å². The fraction of sp³-hybridized carbons (Fsp3) is 0.417. The number of carbonyl (C=O) groups is 1. The van der Waals surface area contributed by atoms with E-state index in [2.05, 4.69) is 10.3 Å². The summed E-state index contributed by atoms with van der Waals surface area (Å²) in [6.45, 7) is 3.24. The van der Waals surface area contributed by atoms with E-state index in [9.17, 15) is 13.2 Å². The zero-order chi connectivity index (χ0) is 23.4. The number of carbonyl (C=O) groups excluding carboxylic acids is 1. The second-order valence-corrected chi connectivity index (χ2v) is 11.4. The summed E-state index contributed by atoms with van der Waals surface area (Å²) in [4.78, 5) is 19.4. The first-order valence-electron chi connectivity index (χ1n) is 11.3. The summed E-state index contributed by atoms with van der Waals surface area (Å²) in [5, 5.41) is 4.01. The molecule has 7 nitrogen and oxygen atoms in total. The summed E-state index contributed by atoms with van der Waals surface area (Å²) in [5.74, 6) is -0.0666. The lowest BCUT2D eigenvalue weighted by atomic mass is 10.2. The van der Waals surface area contributed by atoms with E-state index in [0.29, 0.717) is 23.7 Å². The number of aromatic nitrogens is 1. The van der Waals surface area contributed by atoms with Gasteiger partial charge in [-0.3, -0.25) is 4.79 Å². The maximum Gasteiger partial charge on any atom is 0.243 e. The average Bonchev–Trinajstić information content (AvgIpc) is 3.06. The van der Waals surface area contributed by atoms with Gasteiger partial charge in [-0.25, -0.2) is 13.4 Å². The van der Waals surface area contributed by atoms with Gasteiger partial charge in [-0.15, -0.1) is 11.3 Å². The van der Waals surface area contributed by atoms with Crippen molar-refractivity contribution in [2.75, 3.05) is 32.0 Å². The normalized spacial score (nSPS) is 16.3. The van der Waals surface area contributed by atoms with E-state index >= 15 is 0 Å². The molecule has 1 N–H and O–H groups in total. The molecule has 1 amide bonds. The van der Waals surface area contributed by atoms with Crippen LogP contribution in [0.4, 0.5) is 5.69 Å². The van der Waals surface area contributed by atoms with E-state index in [4.69, 9.17) is 0 Å². The van der Waals surface area contributed by atoms with Crippen molar-refractivity contribution >= 4 is 43.2 Å². The first kappa shape index (κ1) is 23.7. The summed E-state index contributed by atoms with van der Waals surface area (Å²) in [6, 6.07) is 14.5. The van der Waals surface area contributed by atoms with Gasteiger partial charge < -0.3 is 10.2 Å². The van der Waals surface area contributed by atoms with Crippen LogP contribution < -0.4 is 5.32 Å². The number of rotatable bonds is 7. The van der Waals surface area contributed by atoms with Crippen LogP contribution in [0, 0.1) is 0 Å².